The molecule has 0 fully saturated rings. The van der Waals surface area contributed by atoms with E-state index in [9.17, 15) is 8.42 Å². The Labute approximate surface area is 143 Å². The summed E-state index contributed by atoms with van der Waals surface area (Å²) in [6.45, 7) is 4.55. The van der Waals surface area contributed by atoms with Gasteiger partial charge in [0, 0.05) is 25.7 Å². The molecular formula is C18H23N3O2S. The maximum absolute atomic E-state index is 12.3. The van der Waals surface area contributed by atoms with Crippen LogP contribution in [-0.2, 0) is 29.2 Å². The molecule has 1 aliphatic rings. The summed E-state index contributed by atoms with van der Waals surface area (Å²) in [6.07, 6.45) is 4.35. The number of benzene rings is 1. The molecule has 1 aliphatic heterocycles. The molecule has 0 radical (unpaired) electrons. The Morgan fingerprint density at radius 2 is 2.00 bits per heavy atom. The van der Waals surface area contributed by atoms with Gasteiger partial charge in [0.2, 0.25) is 0 Å². The van der Waals surface area contributed by atoms with E-state index in [0.29, 0.717) is 11.3 Å². The lowest BCUT2D eigenvalue weighted by atomic mass is 10.1. The summed E-state index contributed by atoms with van der Waals surface area (Å²) in [4.78, 5) is 11.7. The molecule has 24 heavy (non-hydrogen) atoms. The van der Waals surface area contributed by atoms with E-state index in [0.717, 1.165) is 44.0 Å². The second-order valence-corrected chi connectivity index (χ2v) is 8.23. The van der Waals surface area contributed by atoms with E-state index in [1.54, 1.807) is 24.3 Å². The summed E-state index contributed by atoms with van der Waals surface area (Å²) in [5.74, 6) is 1.06. The normalized spacial score (nSPS) is 15.2. The van der Waals surface area contributed by atoms with E-state index >= 15 is 0 Å². The topological polar surface area (TPSA) is 63.2 Å². The number of rotatable bonds is 6. The highest BCUT2D eigenvalue weighted by molar-refractivity contribution is 7.91. The van der Waals surface area contributed by atoms with Gasteiger partial charge in [0.05, 0.1) is 16.3 Å². The van der Waals surface area contributed by atoms with Gasteiger partial charge in [0.15, 0.2) is 9.84 Å². The van der Waals surface area contributed by atoms with Crippen LogP contribution in [0.25, 0.3) is 0 Å². The van der Waals surface area contributed by atoms with Crippen molar-refractivity contribution in [3.8, 4) is 0 Å². The predicted octanol–water partition coefficient (Wildman–Crippen LogP) is 2.26. The van der Waals surface area contributed by atoms with Crippen LogP contribution >= 0.6 is 0 Å². The van der Waals surface area contributed by atoms with E-state index in [1.807, 2.05) is 12.3 Å². The summed E-state index contributed by atoms with van der Waals surface area (Å²) >= 11 is 0. The molecule has 0 N–H and O–H groups in total. The van der Waals surface area contributed by atoms with Crippen LogP contribution in [0.15, 0.2) is 41.4 Å². The molecule has 2 aromatic rings. The van der Waals surface area contributed by atoms with E-state index in [4.69, 9.17) is 0 Å². The lowest BCUT2D eigenvalue weighted by Gasteiger charge is -2.27. The number of sulfone groups is 1. The number of hydrogen-bond donors (Lipinski definition) is 0. The van der Waals surface area contributed by atoms with Crippen molar-refractivity contribution >= 4 is 9.84 Å². The molecule has 0 amide bonds. The molecule has 0 aliphatic carbocycles. The van der Waals surface area contributed by atoms with Gasteiger partial charge < -0.3 is 0 Å². The fourth-order valence-corrected chi connectivity index (χ4v) is 4.30. The maximum atomic E-state index is 12.3. The summed E-state index contributed by atoms with van der Waals surface area (Å²) in [6, 6.07) is 8.68. The fourth-order valence-electron chi connectivity index (χ4n) is 2.98. The number of aromatic nitrogens is 2. The zero-order valence-electron chi connectivity index (χ0n) is 14.0. The van der Waals surface area contributed by atoms with Crippen LogP contribution in [0.5, 0.6) is 0 Å². The summed E-state index contributed by atoms with van der Waals surface area (Å²) in [7, 11) is -3.18. The van der Waals surface area contributed by atoms with E-state index in [1.165, 1.54) is 5.56 Å². The van der Waals surface area contributed by atoms with Gasteiger partial charge in [-0.05, 0) is 37.1 Å². The van der Waals surface area contributed by atoms with Gasteiger partial charge in [-0.1, -0.05) is 25.1 Å². The van der Waals surface area contributed by atoms with Gasteiger partial charge in [-0.15, -0.1) is 0 Å². The highest BCUT2D eigenvalue weighted by Gasteiger charge is 2.19. The molecule has 0 saturated heterocycles. The van der Waals surface area contributed by atoms with Gasteiger partial charge >= 0.3 is 0 Å². The van der Waals surface area contributed by atoms with Gasteiger partial charge in [-0.2, -0.15) is 0 Å². The number of aryl methyl sites for hydroxylation is 1. The summed E-state index contributed by atoms with van der Waals surface area (Å²) < 4.78 is 24.6. The van der Waals surface area contributed by atoms with E-state index in [-0.39, 0.29) is 5.75 Å². The van der Waals surface area contributed by atoms with Crippen molar-refractivity contribution in [2.45, 2.75) is 37.6 Å². The second-order valence-electron chi connectivity index (χ2n) is 6.12. The van der Waals surface area contributed by atoms with E-state index in [2.05, 4.69) is 21.8 Å². The molecule has 6 heteroatoms. The van der Waals surface area contributed by atoms with Crippen LogP contribution in [0, 0.1) is 0 Å². The minimum Gasteiger partial charge on any atom is -0.297 e. The van der Waals surface area contributed by atoms with Crippen molar-refractivity contribution in [3.05, 3.63) is 53.6 Å². The minimum absolute atomic E-state index is 0.185. The molecular weight excluding hydrogens is 322 g/mol. The van der Waals surface area contributed by atoms with Crippen LogP contribution in [-0.4, -0.2) is 42.1 Å². The molecule has 0 saturated carbocycles. The highest BCUT2D eigenvalue weighted by atomic mass is 32.2. The lowest BCUT2D eigenvalue weighted by molar-refractivity contribution is 0.250. The van der Waals surface area contributed by atoms with Gasteiger partial charge in [-0.25, -0.2) is 18.4 Å². The van der Waals surface area contributed by atoms with Gasteiger partial charge in [0.1, 0.15) is 5.82 Å². The third-order valence-electron chi connectivity index (χ3n) is 4.38. The third-order valence-corrected chi connectivity index (χ3v) is 6.20. The maximum Gasteiger partial charge on any atom is 0.178 e. The number of hydrogen-bond acceptors (Lipinski definition) is 5. The Balaban J connectivity index is 1.56. The molecule has 1 aromatic carbocycles. The average molecular weight is 345 g/mol. The number of fused-ring (bicyclic) bond motifs is 1. The molecule has 128 valence electrons. The zero-order valence-corrected chi connectivity index (χ0v) is 14.8. The SMILES string of the molecule is CCc1ncc2c(n1)CN(CCCS(=O)(=O)c1ccccc1)CC2. The zero-order chi connectivity index (χ0) is 17.0. The quantitative estimate of drug-likeness (QED) is 0.803. The predicted molar refractivity (Wildman–Crippen MR) is 93.5 cm³/mol. The van der Waals surface area contributed by atoms with E-state index < -0.39 is 9.84 Å². The monoisotopic (exact) mass is 345 g/mol. The lowest BCUT2D eigenvalue weighted by Crippen LogP contribution is -2.33. The van der Waals surface area contributed by atoms with Crippen LogP contribution < -0.4 is 0 Å². The average Bonchev–Trinajstić information content (AvgIpc) is 2.61. The summed E-state index contributed by atoms with van der Waals surface area (Å²) in [5, 5.41) is 0. The van der Waals surface area contributed by atoms with Crippen molar-refractivity contribution in [1.82, 2.24) is 14.9 Å². The Kier molecular flexibility index (Phi) is 5.26. The Hall–Kier alpha value is -1.79. The molecule has 1 aromatic heterocycles. The second kappa shape index (κ2) is 7.40. The first-order valence-electron chi connectivity index (χ1n) is 8.42. The summed E-state index contributed by atoms with van der Waals surface area (Å²) in [5.41, 5.74) is 2.32. The number of nitrogens with zero attached hydrogens (tertiary/aromatic N) is 3. The van der Waals surface area contributed by atoms with Crippen LogP contribution in [0.2, 0.25) is 0 Å². The Bertz CT molecular complexity index is 791. The standard InChI is InChI=1S/C18H23N3O2S/c1-2-18-19-13-15-9-11-21(14-17(15)20-18)10-6-12-24(22,23)16-7-4-3-5-8-16/h3-5,7-8,13H,2,6,9-12,14H2,1H3. The first-order chi connectivity index (χ1) is 11.6. The van der Waals surface area contributed by atoms with Crippen molar-refractivity contribution in [3.63, 3.8) is 0 Å². The molecule has 0 unspecified atom stereocenters. The van der Waals surface area contributed by atoms with Gasteiger partial charge in [-0.3, -0.25) is 4.90 Å². The van der Waals surface area contributed by atoms with Crippen LogP contribution in [0.4, 0.5) is 0 Å². The Morgan fingerprint density at radius 3 is 2.75 bits per heavy atom. The third kappa shape index (κ3) is 3.99. The molecule has 0 atom stereocenters. The van der Waals surface area contributed by atoms with Crippen molar-refractivity contribution < 1.29 is 8.42 Å². The molecule has 0 spiro atoms. The molecule has 2 heterocycles. The van der Waals surface area contributed by atoms with Crippen molar-refractivity contribution in [2.75, 3.05) is 18.8 Å². The minimum atomic E-state index is -3.18. The van der Waals surface area contributed by atoms with Crippen molar-refractivity contribution in [2.24, 2.45) is 0 Å². The molecule has 5 nitrogen and oxygen atoms in total. The fraction of sp³-hybridized carbons (Fsp3) is 0.444. The van der Waals surface area contributed by atoms with Crippen molar-refractivity contribution in [1.29, 1.82) is 0 Å². The first-order valence-corrected chi connectivity index (χ1v) is 10.1. The Morgan fingerprint density at radius 1 is 1.21 bits per heavy atom. The smallest absolute Gasteiger partial charge is 0.178 e. The molecule has 0 bridgehead atoms. The largest absolute Gasteiger partial charge is 0.297 e. The molecule has 3 rings (SSSR count). The van der Waals surface area contributed by atoms with Crippen LogP contribution in [0.3, 0.4) is 0 Å². The van der Waals surface area contributed by atoms with Crippen LogP contribution in [0.1, 0.15) is 30.4 Å². The highest BCUT2D eigenvalue weighted by Crippen LogP contribution is 2.17. The first kappa shape index (κ1) is 17.0. The van der Waals surface area contributed by atoms with Gasteiger partial charge in [0.25, 0.3) is 0 Å².